The Bertz CT molecular complexity index is 827. The van der Waals surface area contributed by atoms with E-state index < -0.39 is 0 Å². The topological polar surface area (TPSA) is 67.2 Å². The number of amides is 2. The van der Waals surface area contributed by atoms with Gasteiger partial charge in [-0.15, -0.1) is 11.8 Å². The van der Waals surface area contributed by atoms with Crippen molar-refractivity contribution < 1.29 is 14.0 Å². The predicted molar refractivity (Wildman–Crippen MR) is 99.9 cm³/mol. The first-order valence-corrected chi connectivity index (χ1v) is 9.41. The maximum atomic E-state index is 13.2. The highest BCUT2D eigenvalue weighted by Gasteiger charge is 2.25. The quantitative estimate of drug-likeness (QED) is 0.891. The lowest BCUT2D eigenvalue weighted by molar-refractivity contribution is -0.130. The van der Waals surface area contributed by atoms with Crippen molar-refractivity contribution in [1.29, 1.82) is 0 Å². The van der Waals surface area contributed by atoms with Crippen LogP contribution in [0.3, 0.4) is 0 Å². The summed E-state index contributed by atoms with van der Waals surface area (Å²) in [6, 6.07) is 7.71. The van der Waals surface area contributed by atoms with Gasteiger partial charge in [0.15, 0.2) is 0 Å². The van der Waals surface area contributed by atoms with Gasteiger partial charge in [0.05, 0.1) is 23.0 Å². The Hall–Kier alpha value is -2.35. The van der Waals surface area contributed by atoms with Crippen molar-refractivity contribution in [2.24, 2.45) is 0 Å². The van der Waals surface area contributed by atoms with Crippen molar-refractivity contribution in [3.05, 3.63) is 41.8 Å². The predicted octanol–water partition coefficient (Wildman–Crippen LogP) is 2.78. The molecule has 1 N–H and O–H groups in total. The number of aromatic nitrogens is 2. The fraction of sp³-hybridized carbons (Fsp3) is 0.389. The van der Waals surface area contributed by atoms with Gasteiger partial charge in [-0.1, -0.05) is 20.8 Å². The van der Waals surface area contributed by atoms with Crippen molar-refractivity contribution in [3.8, 4) is 5.69 Å². The van der Waals surface area contributed by atoms with E-state index in [9.17, 15) is 14.0 Å². The minimum atomic E-state index is -0.340. The van der Waals surface area contributed by atoms with Crippen LogP contribution in [-0.4, -0.2) is 44.7 Å². The average molecular weight is 376 g/mol. The first-order chi connectivity index (χ1) is 12.2. The molecule has 1 aliphatic rings. The van der Waals surface area contributed by atoms with E-state index in [4.69, 9.17) is 0 Å². The SMILES string of the molecule is CC(C)(C)c1cc(NC(=O)CN2CSCC2=O)n(-c2ccc(F)cc2)n1. The standard InChI is InChI=1S/C18H21FN4O2S/c1-18(2,3)14-8-15(20-16(24)9-22-11-26-10-17(22)25)23(21-14)13-6-4-12(19)5-7-13/h4-8H,9-11H2,1-3H3,(H,20,24). The molecule has 0 spiro atoms. The molecule has 2 amide bonds. The second kappa shape index (κ2) is 7.11. The van der Waals surface area contributed by atoms with E-state index in [0.29, 0.717) is 23.1 Å². The summed E-state index contributed by atoms with van der Waals surface area (Å²) in [5, 5.41) is 7.40. The highest BCUT2D eigenvalue weighted by Crippen LogP contribution is 2.26. The molecule has 26 heavy (non-hydrogen) atoms. The highest BCUT2D eigenvalue weighted by atomic mass is 32.2. The van der Waals surface area contributed by atoms with Crippen molar-refractivity contribution in [2.45, 2.75) is 26.2 Å². The van der Waals surface area contributed by atoms with Gasteiger partial charge in [0.25, 0.3) is 0 Å². The van der Waals surface area contributed by atoms with Crippen LogP contribution in [0.2, 0.25) is 0 Å². The van der Waals surface area contributed by atoms with Gasteiger partial charge in [-0.05, 0) is 24.3 Å². The second-order valence-corrected chi connectivity index (χ2v) is 8.13. The summed E-state index contributed by atoms with van der Waals surface area (Å²) in [6.45, 7) is 6.08. The van der Waals surface area contributed by atoms with Gasteiger partial charge < -0.3 is 10.2 Å². The number of carbonyl (C=O) groups excluding carboxylic acids is 2. The molecule has 3 rings (SSSR count). The molecule has 2 aromatic rings. The molecule has 138 valence electrons. The van der Waals surface area contributed by atoms with Crippen LogP contribution >= 0.6 is 11.8 Å². The third-order valence-corrected chi connectivity index (χ3v) is 4.92. The highest BCUT2D eigenvalue weighted by molar-refractivity contribution is 8.00. The maximum Gasteiger partial charge on any atom is 0.245 e. The van der Waals surface area contributed by atoms with E-state index in [2.05, 4.69) is 10.4 Å². The second-order valence-electron chi connectivity index (χ2n) is 7.17. The number of thioether (sulfide) groups is 1. The maximum absolute atomic E-state index is 13.2. The summed E-state index contributed by atoms with van der Waals surface area (Å²) in [7, 11) is 0. The summed E-state index contributed by atoms with van der Waals surface area (Å²) < 4.78 is 14.8. The molecule has 1 aromatic heterocycles. The van der Waals surface area contributed by atoms with Crippen LogP contribution in [0.1, 0.15) is 26.5 Å². The lowest BCUT2D eigenvalue weighted by Crippen LogP contribution is -2.34. The summed E-state index contributed by atoms with van der Waals surface area (Å²) in [4.78, 5) is 25.6. The molecular formula is C18H21FN4O2S. The van der Waals surface area contributed by atoms with Gasteiger partial charge in [0.2, 0.25) is 11.8 Å². The number of nitrogens with zero attached hydrogens (tertiary/aromatic N) is 3. The van der Waals surface area contributed by atoms with Gasteiger partial charge in [0.1, 0.15) is 18.2 Å². The number of hydrogen-bond acceptors (Lipinski definition) is 4. The Kier molecular flexibility index (Phi) is 5.04. The molecule has 1 aromatic carbocycles. The Morgan fingerprint density at radius 2 is 2.00 bits per heavy atom. The fourth-order valence-corrected chi connectivity index (χ4v) is 3.42. The number of anilines is 1. The van der Waals surface area contributed by atoms with Crippen molar-refractivity contribution >= 4 is 29.4 Å². The van der Waals surface area contributed by atoms with Gasteiger partial charge in [-0.25, -0.2) is 9.07 Å². The van der Waals surface area contributed by atoms with Crippen molar-refractivity contribution in [3.63, 3.8) is 0 Å². The number of carbonyl (C=O) groups is 2. The first-order valence-electron chi connectivity index (χ1n) is 8.26. The minimum absolute atomic E-state index is 0.00524. The Labute approximate surface area is 155 Å². The fourth-order valence-electron chi connectivity index (χ4n) is 2.51. The molecule has 0 bridgehead atoms. The summed E-state index contributed by atoms with van der Waals surface area (Å²) in [5.74, 6) is 0.765. The molecule has 1 saturated heterocycles. The Balaban J connectivity index is 1.86. The van der Waals surface area contributed by atoms with Crippen LogP contribution in [0.5, 0.6) is 0 Å². The van der Waals surface area contributed by atoms with Crippen LogP contribution in [0.4, 0.5) is 10.2 Å². The van der Waals surface area contributed by atoms with Crippen LogP contribution in [-0.2, 0) is 15.0 Å². The van der Waals surface area contributed by atoms with Crippen LogP contribution in [0, 0.1) is 5.82 Å². The smallest absolute Gasteiger partial charge is 0.245 e. The monoisotopic (exact) mass is 376 g/mol. The first kappa shape index (κ1) is 18.4. The third kappa shape index (κ3) is 4.07. The van der Waals surface area contributed by atoms with E-state index in [-0.39, 0.29) is 29.6 Å². The van der Waals surface area contributed by atoms with Gasteiger partial charge in [-0.2, -0.15) is 5.10 Å². The molecule has 0 unspecified atom stereocenters. The summed E-state index contributed by atoms with van der Waals surface area (Å²) in [5.41, 5.74) is 1.22. The lowest BCUT2D eigenvalue weighted by atomic mass is 9.92. The number of halogens is 1. The number of hydrogen-bond donors (Lipinski definition) is 1. The molecular weight excluding hydrogens is 355 g/mol. The normalized spacial score (nSPS) is 14.8. The third-order valence-electron chi connectivity index (χ3n) is 3.98. The minimum Gasteiger partial charge on any atom is -0.323 e. The van der Waals surface area contributed by atoms with Crippen LogP contribution < -0.4 is 5.32 Å². The zero-order chi connectivity index (χ0) is 18.9. The van der Waals surface area contributed by atoms with Crippen molar-refractivity contribution in [2.75, 3.05) is 23.5 Å². The molecule has 1 fully saturated rings. The van der Waals surface area contributed by atoms with E-state index in [1.54, 1.807) is 16.8 Å². The van der Waals surface area contributed by atoms with Crippen LogP contribution in [0.25, 0.3) is 5.69 Å². The van der Waals surface area contributed by atoms with E-state index in [1.807, 2.05) is 26.8 Å². The van der Waals surface area contributed by atoms with Gasteiger partial charge in [-0.3, -0.25) is 9.59 Å². The van der Waals surface area contributed by atoms with E-state index in [0.717, 1.165) is 5.69 Å². The molecule has 0 atom stereocenters. The molecule has 1 aliphatic heterocycles. The Morgan fingerprint density at radius 1 is 1.31 bits per heavy atom. The van der Waals surface area contributed by atoms with Crippen molar-refractivity contribution in [1.82, 2.24) is 14.7 Å². The number of benzene rings is 1. The lowest BCUT2D eigenvalue weighted by Gasteiger charge is -2.14. The van der Waals surface area contributed by atoms with E-state index >= 15 is 0 Å². The number of rotatable bonds is 4. The molecule has 8 heteroatoms. The average Bonchev–Trinajstić information content (AvgIpc) is 3.15. The molecule has 0 saturated carbocycles. The summed E-state index contributed by atoms with van der Waals surface area (Å²) >= 11 is 1.49. The Morgan fingerprint density at radius 3 is 2.58 bits per heavy atom. The molecule has 2 heterocycles. The van der Waals surface area contributed by atoms with Crippen LogP contribution in [0.15, 0.2) is 30.3 Å². The zero-order valence-corrected chi connectivity index (χ0v) is 15.8. The van der Waals surface area contributed by atoms with Gasteiger partial charge >= 0.3 is 0 Å². The van der Waals surface area contributed by atoms with Gasteiger partial charge in [0, 0.05) is 11.5 Å². The summed E-state index contributed by atoms with van der Waals surface area (Å²) in [6.07, 6.45) is 0. The molecule has 6 nitrogen and oxygen atoms in total. The molecule has 0 radical (unpaired) electrons. The van der Waals surface area contributed by atoms with E-state index in [1.165, 1.54) is 28.8 Å². The zero-order valence-electron chi connectivity index (χ0n) is 15.0. The number of nitrogens with one attached hydrogen (secondary N) is 1. The molecule has 0 aliphatic carbocycles. The largest absolute Gasteiger partial charge is 0.323 e.